The van der Waals surface area contributed by atoms with Crippen molar-refractivity contribution in [1.82, 2.24) is 30.4 Å². The molecule has 14 heteroatoms. The molecule has 11 nitrogen and oxygen atoms in total. The minimum absolute atomic E-state index is 0.109. The van der Waals surface area contributed by atoms with E-state index in [2.05, 4.69) is 25.7 Å². The second kappa shape index (κ2) is 18.6. The average Bonchev–Trinajstić information content (AvgIpc) is 3.86. The number of carbonyl (C=O) groups excluding carboxylic acids is 2. The van der Waals surface area contributed by atoms with E-state index in [-0.39, 0.29) is 23.5 Å². The van der Waals surface area contributed by atoms with E-state index >= 15 is 0 Å². The number of rotatable bonds is 13. The number of methoxy groups -OCH3 is 1. The molecule has 5 aromatic rings. The molecule has 0 saturated heterocycles. The maximum atomic E-state index is 12.1. The molecule has 0 aliphatic carbocycles. The number of benzene rings is 2. The predicted octanol–water partition coefficient (Wildman–Crippen LogP) is 6.17. The molecule has 0 radical (unpaired) electrons. The van der Waals surface area contributed by atoms with Gasteiger partial charge in [0, 0.05) is 58.0 Å². The summed E-state index contributed by atoms with van der Waals surface area (Å²) >= 11 is 3.80. The van der Waals surface area contributed by atoms with Gasteiger partial charge in [0.05, 0.1) is 26.4 Å². The van der Waals surface area contributed by atoms with Crippen molar-refractivity contribution in [3.8, 4) is 20.9 Å². The van der Waals surface area contributed by atoms with Crippen LogP contribution in [0.4, 0.5) is 0 Å². The van der Waals surface area contributed by atoms with E-state index in [1.54, 1.807) is 18.6 Å². The molecule has 2 aromatic carbocycles. The highest BCUT2D eigenvalue weighted by molar-refractivity contribution is 8.26. The molecule has 4 N–H and O–H groups in total. The third-order valence-corrected chi connectivity index (χ3v) is 9.40. The molecule has 3 aromatic heterocycles. The first kappa shape index (κ1) is 35.4. The summed E-state index contributed by atoms with van der Waals surface area (Å²) < 4.78 is 6.68. The third-order valence-electron chi connectivity index (χ3n) is 6.49. The molecule has 3 heterocycles. The lowest BCUT2D eigenvalue weighted by molar-refractivity contribution is 0.0945. The van der Waals surface area contributed by atoms with E-state index in [0.29, 0.717) is 34.6 Å². The van der Waals surface area contributed by atoms with Gasteiger partial charge in [0.25, 0.3) is 11.8 Å². The van der Waals surface area contributed by atoms with Gasteiger partial charge in [0.2, 0.25) is 0 Å². The molecule has 5 rings (SSSR count). The summed E-state index contributed by atoms with van der Waals surface area (Å²) in [5.74, 6) is -0.353. The topological polar surface area (TPSA) is 159 Å². The summed E-state index contributed by atoms with van der Waals surface area (Å²) in [5, 5.41) is 26.6. The van der Waals surface area contributed by atoms with E-state index in [1.165, 1.54) is 35.5 Å². The molecular formula is C33H36N8O3S3. The van der Waals surface area contributed by atoms with Gasteiger partial charge in [-0.1, -0.05) is 72.4 Å². The van der Waals surface area contributed by atoms with E-state index < -0.39 is 0 Å². The van der Waals surface area contributed by atoms with Gasteiger partial charge in [-0.3, -0.25) is 25.1 Å². The second-order valence-electron chi connectivity index (χ2n) is 9.98. The molecule has 0 aliphatic rings. The first-order valence-corrected chi connectivity index (χ1v) is 17.2. The Morgan fingerprint density at radius 1 is 0.830 bits per heavy atom. The molecule has 0 spiro atoms. The highest BCUT2D eigenvalue weighted by Gasteiger charge is 2.13. The summed E-state index contributed by atoms with van der Waals surface area (Å²) in [5.41, 5.74) is 3.28. The van der Waals surface area contributed by atoms with Crippen LogP contribution in [0.5, 0.6) is 0 Å². The van der Waals surface area contributed by atoms with E-state index in [4.69, 9.17) is 15.6 Å². The third kappa shape index (κ3) is 11.4. The molecule has 244 valence electrons. The van der Waals surface area contributed by atoms with Crippen molar-refractivity contribution >= 4 is 56.3 Å². The number of amides is 2. The Morgan fingerprint density at radius 2 is 1.38 bits per heavy atom. The van der Waals surface area contributed by atoms with Gasteiger partial charge in [0.15, 0.2) is 10.0 Å². The lowest BCUT2D eigenvalue weighted by Gasteiger charge is -2.05. The fourth-order valence-electron chi connectivity index (χ4n) is 4.15. The van der Waals surface area contributed by atoms with Crippen LogP contribution >= 0.6 is 34.4 Å². The summed E-state index contributed by atoms with van der Waals surface area (Å²) in [4.78, 5) is 34.6. The molecule has 0 atom stereocenters. The molecule has 0 saturated carbocycles. The Hall–Kier alpha value is -4.50. The molecule has 0 bridgehead atoms. The van der Waals surface area contributed by atoms with Crippen LogP contribution in [-0.2, 0) is 18.2 Å². The average molecular weight is 689 g/mol. The number of hydrogen-bond donors (Lipinski definition) is 4. The van der Waals surface area contributed by atoms with Gasteiger partial charge in [-0.05, 0) is 30.0 Å². The van der Waals surface area contributed by atoms with Crippen molar-refractivity contribution in [1.29, 1.82) is 10.8 Å². The minimum Gasteiger partial charge on any atom is -0.378 e. The summed E-state index contributed by atoms with van der Waals surface area (Å²) in [7, 11) is 3.44. The fraction of sp³-hybridized carbons (Fsp3) is 0.242. The number of hydrogen-bond acceptors (Lipinski definition) is 11. The van der Waals surface area contributed by atoms with Crippen molar-refractivity contribution in [2.24, 2.45) is 7.05 Å². The van der Waals surface area contributed by atoms with Crippen LogP contribution in [0.1, 0.15) is 38.1 Å². The lowest BCUT2D eigenvalue weighted by Crippen LogP contribution is -2.25. The molecule has 47 heavy (non-hydrogen) atoms. The van der Waals surface area contributed by atoms with Crippen LogP contribution in [-0.4, -0.2) is 68.5 Å². The smallest absolute Gasteiger partial charge is 0.280 e. The first-order chi connectivity index (χ1) is 22.8. The maximum absolute atomic E-state index is 12.1. The number of thiazole rings is 2. The highest BCUT2D eigenvalue weighted by Crippen LogP contribution is 2.26. The second-order valence-corrected chi connectivity index (χ2v) is 13.2. The zero-order valence-corrected chi connectivity index (χ0v) is 28.5. The van der Waals surface area contributed by atoms with Crippen LogP contribution in [0.2, 0.25) is 0 Å². The Labute approximate surface area is 285 Å². The minimum atomic E-state index is -0.244. The normalized spacial score (nSPS) is 10.5. The van der Waals surface area contributed by atoms with Gasteiger partial charge >= 0.3 is 0 Å². The maximum Gasteiger partial charge on any atom is 0.280 e. The standard InChI is InChI=1S/C17H18N4OS.C16H18N4O2S2/c1-21-14(9-11-20-21)8-5-10-18-16(22)17-19-12-15(23-17)13-6-3-2-4-7-13;1-22-10-14(18)24-13(17)7-8-19-15(21)16-20-9-12(23-16)11-5-3-2-4-6-11/h2-4,6-7,9,11-12H,5,8,10H2,1H3,(H,18,22);2-6,9,17-18H,7-8,10H2,1H3,(H,19,21). The van der Waals surface area contributed by atoms with Crippen molar-refractivity contribution in [2.75, 3.05) is 26.8 Å². The molecule has 2 amide bonds. The van der Waals surface area contributed by atoms with Crippen LogP contribution in [0.25, 0.3) is 20.9 Å². The summed E-state index contributed by atoms with van der Waals surface area (Å²) in [6, 6.07) is 21.7. The van der Waals surface area contributed by atoms with E-state index in [0.717, 1.165) is 45.5 Å². The first-order valence-electron chi connectivity index (χ1n) is 14.7. The Balaban J connectivity index is 0.000000213. The van der Waals surface area contributed by atoms with Gasteiger partial charge in [-0.25, -0.2) is 9.97 Å². The monoisotopic (exact) mass is 688 g/mol. The number of nitrogens with zero attached hydrogens (tertiary/aromatic N) is 4. The zero-order chi connectivity index (χ0) is 33.4. The van der Waals surface area contributed by atoms with Gasteiger partial charge in [-0.15, -0.1) is 22.7 Å². The number of nitrogens with one attached hydrogen (secondary N) is 4. The van der Waals surface area contributed by atoms with Crippen molar-refractivity contribution in [3.63, 3.8) is 0 Å². The van der Waals surface area contributed by atoms with Gasteiger partial charge in [-0.2, -0.15) is 5.10 Å². The van der Waals surface area contributed by atoms with Crippen molar-refractivity contribution < 1.29 is 14.3 Å². The summed E-state index contributed by atoms with van der Waals surface area (Å²) in [6.07, 6.45) is 7.38. The van der Waals surface area contributed by atoms with E-state index in [1.807, 2.05) is 78.5 Å². The number of carbonyl (C=O) groups is 2. The molecule has 0 fully saturated rings. The molecule has 0 aliphatic heterocycles. The highest BCUT2D eigenvalue weighted by atomic mass is 32.2. The number of ether oxygens (including phenoxy) is 1. The molecule has 0 unspecified atom stereocenters. The van der Waals surface area contributed by atoms with Crippen LogP contribution in [0.15, 0.2) is 85.3 Å². The summed E-state index contributed by atoms with van der Waals surface area (Å²) in [6.45, 7) is 1.16. The Bertz CT molecular complexity index is 1750. The number of aryl methyl sites for hydroxylation is 2. The number of aromatic nitrogens is 4. The van der Waals surface area contributed by atoms with Crippen molar-refractivity contribution in [3.05, 3.63) is 101 Å². The largest absolute Gasteiger partial charge is 0.378 e. The van der Waals surface area contributed by atoms with Gasteiger partial charge in [0.1, 0.15) is 0 Å². The molecular weight excluding hydrogens is 653 g/mol. The van der Waals surface area contributed by atoms with E-state index in [9.17, 15) is 9.59 Å². The fourth-order valence-corrected chi connectivity index (χ4v) is 6.50. The zero-order valence-electron chi connectivity index (χ0n) is 26.1. The Kier molecular flexibility index (Phi) is 14.0. The van der Waals surface area contributed by atoms with Crippen LogP contribution < -0.4 is 10.6 Å². The quantitative estimate of drug-likeness (QED) is 0.0654. The van der Waals surface area contributed by atoms with Crippen LogP contribution in [0, 0.1) is 10.8 Å². The van der Waals surface area contributed by atoms with Crippen molar-refractivity contribution in [2.45, 2.75) is 19.3 Å². The number of thioether (sulfide) groups is 1. The lowest BCUT2D eigenvalue weighted by atomic mass is 10.2. The SMILES string of the molecule is COCC(=N)SC(=N)CCNC(=O)c1ncc(-c2ccccc2)s1.Cn1nccc1CCCNC(=O)c1ncc(-c2ccccc2)s1. The van der Waals surface area contributed by atoms with Gasteiger partial charge < -0.3 is 15.4 Å². The Morgan fingerprint density at radius 3 is 1.89 bits per heavy atom. The predicted molar refractivity (Wildman–Crippen MR) is 191 cm³/mol. The van der Waals surface area contributed by atoms with Crippen LogP contribution in [0.3, 0.4) is 0 Å².